The smallest absolute Gasteiger partial charge is 0.408 e. The van der Waals surface area contributed by atoms with Gasteiger partial charge in [0.2, 0.25) is 0 Å². The van der Waals surface area contributed by atoms with Crippen molar-refractivity contribution in [3.63, 3.8) is 0 Å². The van der Waals surface area contributed by atoms with E-state index in [1.807, 2.05) is 30.3 Å². The molecule has 0 aliphatic heterocycles. The van der Waals surface area contributed by atoms with Crippen molar-refractivity contribution in [2.45, 2.75) is 12.5 Å². The molecule has 0 amide bonds. The van der Waals surface area contributed by atoms with Gasteiger partial charge in [0.25, 0.3) is 0 Å². The van der Waals surface area contributed by atoms with E-state index in [4.69, 9.17) is 4.42 Å². The summed E-state index contributed by atoms with van der Waals surface area (Å²) in [7, 11) is 0. The maximum absolute atomic E-state index is 11.1. The van der Waals surface area contributed by atoms with E-state index in [-0.39, 0.29) is 0 Å². The number of hydrogen-bond acceptors (Lipinski definition) is 3. The molecule has 2 aromatic carbocycles. The summed E-state index contributed by atoms with van der Waals surface area (Å²) in [4.78, 5) is 13.6. The molecule has 4 nitrogen and oxygen atoms in total. The van der Waals surface area contributed by atoms with Crippen LogP contribution in [0.15, 0.2) is 57.7 Å². The van der Waals surface area contributed by atoms with Gasteiger partial charge in [-0.1, -0.05) is 36.4 Å². The zero-order valence-electron chi connectivity index (χ0n) is 10.2. The molecule has 0 spiro atoms. The monoisotopic (exact) mass is 255 g/mol. The van der Waals surface area contributed by atoms with Crippen LogP contribution in [0.5, 0.6) is 0 Å². The summed E-state index contributed by atoms with van der Waals surface area (Å²) in [5.74, 6) is -0.482. The van der Waals surface area contributed by atoms with Gasteiger partial charge in [-0.3, -0.25) is 4.98 Å². The number of fused-ring (bicyclic) bond motifs is 1. The van der Waals surface area contributed by atoms with Gasteiger partial charge in [-0.2, -0.15) is 0 Å². The molecule has 3 aromatic rings. The van der Waals surface area contributed by atoms with Crippen LogP contribution in [0.4, 0.5) is 0 Å². The molecule has 1 aromatic heterocycles. The van der Waals surface area contributed by atoms with Gasteiger partial charge in [-0.05, 0) is 23.3 Å². The normalized spacial score (nSPS) is 12.7. The third kappa shape index (κ3) is 2.44. The van der Waals surface area contributed by atoms with E-state index in [2.05, 4.69) is 4.98 Å². The zero-order valence-corrected chi connectivity index (χ0v) is 10.2. The van der Waals surface area contributed by atoms with Gasteiger partial charge in [0.1, 0.15) is 0 Å². The Bertz CT molecular complexity index is 743. The fraction of sp³-hybridized carbons (Fsp3) is 0.133. The fourth-order valence-electron chi connectivity index (χ4n) is 2.12. The Hall–Kier alpha value is -2.33. The molecule has 0 saturated heterocycles. The Morgan fingerprint density at radius 3 is 2.74 bits per heavy atom. The van der Waals surface area contributed by atoms with Gasteiger partial charge < -0.3 is 9.52 Å². The molecule has 1 atom stereocenters. The van der Waals surface area contributed by atoms with Gasteiger partial charge in [-0.25, -0.2) is 4.79 Å². The number of aliphatic hydroxyl groups is 1. The molecular formula is C15H13NO3. The zero-order chi connectivity index (χ0) is 13.2. The number of nitrogens with one attached hydrogen (secondary N) is 1. The van der Waals surface area contributed by atoms with Crippen molar-refractivity contribution in [1.82, 2.24) is 4.98 Å². The number of aliphatic hydroxyl groups excluding tert-OH is 1. The minimum Gasteiger partial charge on any atom is -0.408 e. The van der Waals surface area contributed by atoms with Crippen LogP contribution in [0.1, 0.15) is 17.2 Å². The molecule has 4 heteroatoms. The maximum atomic E-state index is 11.1. The lowest BCUT2D eigenvalue weighted by Crippen LogP contribution is -2.01. The number of aromatic nitrogens is 1. The molecule has 0 radical (unpaired) electrons. The number of aromatic amines is 1. The summed E-state index contributed by atoms with van der Waals surface area (Å²) < 4.78 is 4.99. The minimum absolute atomic E-state index is 0.467. The first kappa shape index (κ1) is 11.7. The Balaban J connectivity index is 1.88. The Morgan fingerprint density at radius 2 is 1.95 bits per heavy atom. The third-order valence-electron chi connectivity index (χ3n) is 3.10. The van der Waals surface area contributed by atoms with Gasteiger partial charge in [0.05, 0.1) is 11.6 Å². The van der Waals surface area contributed by atoms with Crippen LogP contribution >= 0.6 is 0 Å². The second kappa shape index (κ2) is 4.74. The summed E-state index contributed by atoms with van der Waals surface area (Å²) >= 11 is 0. The first-order valence-electron chi connectivity index (χ1n) is 6.07. The molecule has 0 fully saturated rings. The molecule has 2 N–H and O–H groups in total. The lowest BCUT2D eigenvalue weighted by Gasteiger charge is -2.10. The summed E-state index contributed by atoms with van der Waals surface area (Å²) in [6, 6.07) is 15.0. The number of rotatable bonds is 3. The second-order valence-electron chi connectivity index (χ2n) is 4.48. The first-order valence-corrected chi connectivity index (χ1v) is 6.07. The molecule has 1 heterocycles. The number of oxazole rings is 1. The molecule has 19 heavy (non-hydrogen) atoms. The standard InChI is InChI=1S/C15H13NO3/c17-13(8-10-4-2-1-3-5-10)11-6-7-12-14(9-11)19-15(18)16-12/h1-7,9,13,17H,8H2,(H,16,18). The third-order valence-corrected chi connectivity index (χ3v) is 3.10. The van der Waals surface area contributed by atoms with Gasteiger partial charge in [0, 0.05) is 6.42 Å². The Morgan fingerprint density at radius 1 is 1.16 bits per heavy atom. The van der Waals surface area contributed by atoms with Crippen LogP contribution in [0, 0.1) is 0 Å². The molecule has 0 aliphatic rings. The highest BCUT2D eigenvalue weighted by Gasteiger charge is 2.10. The molecular weight excluding hydrogens is 242 g/mol. The van der Waals surface area contributed by atoms with Crippen LogP contribution in [0.2, 0.25) is 0 Å². The van der Waals surface area contributed by atoms with E-state index in [0.29, 0.717) is 17.5 Å². The highest BCUT2D eigenvalue weighted by Crippen LogP contribution is 2.21. The average Bonchev–Trinajstić information content (AvgIpc) is 2.78. The van der Waals surface area contributed by atoms with E-state index in [9.17, 15) is 9.90 Å². The van der Waals surface area contributed by atoms with Crippen molar-refractivity contribution >= 4 is 11.1 Å². The van der Waals surface area contributed by atoms with E-state index in [1.165, 1.54) is 0 Å². The quantitative estimate of drug-likeness (QED) is 0.755. The van der Waals surface area contributed by atoms with Crippen LogP contribution < -0.4 is 5.76 Å². The lowest BCUT2D eigenvalue weighted by atomic mass is 10.0. The molecule has 0 bridgehead atoms. The van der Waals surface area contributed by atoms with E-state index in [1.54, 1.807) is 18.2 Å². The van der Waals surface area contributed by atoms with Crippen molar-refractivity contribution < 1.29 is 9.52 Å². The Labute approximate surface area is 109 Å². The van der Waals surface area contributed by atoms with Crippen LogP contribution in [-0.4, -0.2) is 10.1 Å². The molecule has 0 saturated carbocycles. The summed E-state index contributed by atoms with van der Waals surface area (Å²) in [6.07, 6.45) is -0.0897. The predicted molar refractivity (Wildman–Crippen MR) is 71.9 cm³/mol. The van der Waals surface area contributed by atoms with Gasteiger partial charge >= 0.3 is 5.76 Å². The van der Waals surface area contributed by atoms with E-state index in [0.717, 1.165) is 11.1 Å². The Kier molecular flexibility index (Phi) is 2.93. The number of benzene rings is 2. The van der Waals surface area contributed by atoms with Crippen molar-refractivity contribution in [2.24, 2.45) is 0 Å². The van der Waals surface area contributed by atoms with E-state index < -0.39 is 11.9 Å². The van der Waals surface area contributed by atoms with Crippen LogP contribution in [0.3, 0.4) is 0 Å². The molecule has 3 rings (SSSR count). The topological polar surface area (TPSA) is 66.2 Å². The number of H-pyrrole nitrogens is 1. The average molecular weight is 255 g/mol. The maximum Gasteiger partial charge on any atom is 0.417 e. The second-order valence-corrected chi connectivity index (χ2v) is 4.48. The van der Waals surface area contributed by atoms with Crippen LogP contribution in [-0.2, 0) is 6.42 Å². The van der Waals surface area contributed by atoms with Crippen molar-refractivity contribution in [3.05, 3.63) is 70.2 Å². The SMILES string of the molecule is O=c1[nH]c2ccc(C(O)Cc3ccccc3)cc2o1. The highest BCUT2D eigenvalue weighted by atomic mass is 16.4. The molecule has 0 aliphatic carbocycles. The van der Waals surface area contributed by atoms with Gasteiger partial charge in [0.15, 0.2) is 5.58 Å². The van der Waals surface area contributed by atoms with Crippen molar-refractivity contribution in [1.29, 1.82) is 0 Å². The highest BCUT2D eigenvalue weighted by molar-refractivity contribution is 5.72. The summed E-state index contributed by atoms with van der Waals surface area (Å²) in [6.45, 7) is 0. The fourth-order valence-corrected chi connectivity index (χ4v) is 2.12. The van der Waals surface area contributed by atoms with Crippen molar-refractivity contribution in [3.8, 4) is 0 Å². The van der Waals surface area contributed by atoms with E-state index >= 15 is 0 Å². The van der Waals surface area contributed by atoms with Crippen LogP contribution in [0.25, 0.3) is 11.1 Å². The van der Waals surface area contributed by atoms with Gasteiger partial charge in [-0.15, -0.1) is 0 Å². The minimum atomic E-state index is -0.619. The van der Waals surface area contributed by atoms with Crippen molar-refractivity contribution in [2.75, 3.05) is 0 Å². The molecule has 1 unspecified atom stereocenters. The lowest BCUT2D eigenvalue weighted by molar-refractivity contribution is 0.178. The predicted octanol–water partition coefficient (Wildman–Crippen LogP) is 2.40. The first-order chi connectivity index (χ1) is 9.22. The largest absolute Gasteiger partial charge is 0.417 e. The molecule has 96 valence electrons. The number of hydrogen-bond donors (Lipinski definition) is 2. The summed E-state index contributed by atoms with van der Waals surface area (Å²) in [5.41, 5.74) is 2.90. The summed E-state index contributed by atoms with van der Waals surface area (Å²) in [5, 5.41) is 10.2.